The SMILES string of the molecule is CC1=C(C(=O)OCc2ccccc2)C2CCCN2CN1. The summed E-state index contributed by atoms with van der Waals surface area (Å²) in [5.74, 6) is -0.185. The Hall–Kier alpha value is -1.81. The normalized spacial score (nSPS) is 22.4. The molecule has 20 heavy (non-hydrogen) atoms. The molecule has 0 radical (unpaired) electrons. The molecule has 0 aromatic heterocycles. The van der Waals surface area contributed by atoms with Gasteiger partial charge >= 0.3 is 5.97 Å². The minimum atomic E-state index is -0.185. The fourth-order valence-corrected chi connectivity index (χ4v) is 3.00. The molecule has 1 fully saturated rings. The van der Waals surface area contributed by atoms with Gasteiger partial charge in [0.15, 0.2) is 0 Å². The van der Waals surface area contributed by atoms with Crippen molar-refractivity contribution in [3.63, 3.8) is 0 Å². The Morgan fingerprint density at radius 3 is 3.00 bits per heavy atom. The van der Waals surface area contributed by atoms with Crippen molar-refractivity contribution in [1.29, 1.82) is 0 Å². The molecular formula is C16H20N2O2. The first kappa shape index (κ1) is 13.2. The van der Waals surface area contributed by atoms with Crippen LogP contribution in [0.15, 0.2) is 41.6 Å². The van der Waals surface area contributed by atoms with Gasteiger partial charge in [0, 0.05) is 18.3 Å². The van der Waals surface area contributed by atoms with E-state index in [4.69, 9.17) is 4.74 Å². The Balaban J connectivity index is 1.69. The first-order valence-electron chi connectivity index (χ1n) is 7.15. The van der Waals surface area contributed by atoms with Gasteiger partial charge in [-0.2, -0.15) is 0 Å². The summed E-state index contributed by atoms with van der Waals surface area (Å²) in [4.78, 5) is 14.7. The average molecular weight is 272 g/mol. The van der Waals surface area contributed by atoms with Crippen LogP contribution in [0.25, 0.3) is 0 Å². The molecule has 0 amide bonds. The number of esters is 1. The lowest BCUT2D eigenvalue weighted by atomic mass is 10.0. The largest absolute Gasteiger partial charge is 0.457 e. The average Bonchev–Trinajstić information content (AvgIpc) is 2.94. The number of hydrogen-bond acceptors (Lipinski definition) is 4. The van der Waals surface area contributed by atoms with E-state index in [1.54, 1.807) is 0 Å². The van der Waals surface area contributed by atoms with Crippen LogP contribution in [0, 0.1) is 0 Å². The maximum absolute atomic E-state index is 12.4. The smallest absolute Gasteiger partial charge is 0.337 e. The highest BCUT2D eigenvalue weighted by atomic mass is 16.5. The Morgan fingerprint density at radius 1 is 1.40 bits per heavy atom. The second-order valence-corrected chi connectivity index (χ2v) is 5.41. The molecule has 1 atom stereocenters. The molecule has 2 aliphatic rings. The lowest BCUT2D eigenvalue weighted by Crippen LogP contribution is -2.45. The van der Waals surface area contributed by atoms with Gasteiger partial charge in [-0.3, -0.25) is 4.90 Å². The number of benzene rings is 1. The minimum Gasteiger partial charge on any atom is -0.457 e. The summed E-state index contributed by atoms with van der Waals surface area (Å²) in [5.41, 5.74) is 2.79. The summed E-state index contributed by atoms with van der Waals surface area (Å²) >= 11 is 0. The Bertz CT molecular complexity index is 525. The molecule has 1 aromatic carbocycles. The second kappa shape index (κ2) is 5.67. The first-order valence-corrected chi connectivity index (χ1v) is 7.15. The van der Waals surface area contributed by atoms with Crippen LogP contribution in [0.3, 0.4) is 0 Å². The molecule has 4 heteroatoms. The maximum Gasteiger partial charge on any atom is 0.337 e. The van der Waals surface area contributed by atoms with Gasteiger partial charge in [0.1, 0.15) is 6.61 Å². The van der Waals surface area contributed by atoms with Gasteiger partial charge in [-0.1, -0.05) is 30.3 Å². The van der Waals surface area contributed by atoms with E-state index in [2.05, 4.69) is 10.2 Å². The zero-order valence-corrected chi connectivity index (χ0v) is 11.8. The number of rotatable bonds is 3. The van der Waals surface area contributed by atoms with E-state index in [0.29, 0.717) is 6.61 Å². The van der Waals surface area contributed by atoms with E-state index in [1.807, 2.05) is 37.3 Å². The monoisotopic (exact) mass is 272 g/mol. The molecule has 0 aliphatic carbocycles. The number of allylic oxidation sites excluding steroid dienone is 1. The lowest BCUT2D eigenvalue weighted by molar-refractivity contribution is -0.141. The van der Waals surface area contributed by atoms with Crippen molar-refractivity contribution < 1.29 is 9.53 Å². The van der Waals surface area contributed by atoms with Crippen LogP contribution in [-0.4, -0.2) is 30.1 Å². The molecule has 4 nitrogen and oxygen atoms in total. The quantitative estimate of drug-likeness (QED) is 0.855. The molecule has 2 heterocycles. The van der Waals surface area contributed by atoms with Gasteiger partial charge < -0.3 is 10.1 Å². The van der Waals surface area contributed by atoms with E-state index in [-0.39, 0.29) is 12.0 Å². The number of ether oxygens (including phenoxy) is 1. The molecule has 0 spiro atoms. The van der Waals surface area contributed by atoms with Crippen molar-refractivity contribution in [3.05, 3.63) is 47.2 Å². The number of hydrogen-bond donors (Lipinski definition) is 1. The van der Waals surface area contributed by atoms with Crippen molar-refractivity contribution in [3.8, 4) is 0 Å². The summed E-state index contributed by atoms with van der Waals surface area (Å²) in [6.45, 7) is 4.20. The molecule has 0 saturated carbocycles. The van der Waals surface area contributed by atoms with Crippen molar-refractivity contribution >= 4 is 5.97 Å². The third-order valence-corrected chi connectivity index (χ3v) is 4.08. The summed E-state index contributed by atoms with van der Waals surface area (Å²) in [6.07, 6.45) is 2.20. The van der Waals surface area contributed by atoms with Crippen LogP contribution < -0.4 is 5.32 Å². The molecule has 1 aromatic rings. The molecule has 0 bridgehead atoms. The first-order chi connectivity index (χ1) is 9.75. The summed E-state index contributed by atoms with van der Waals surface area (Å²) in [7, 11) is 0. The third kappa shape index (κ3) is 2.56. The fourth-order valence-electron chi connectivity index (χ4n) is 3.00. The predicted molar refractivity (Wildman–Crippen MR) is 76.7 cm³/mol. The number of carbonyl (C=O) groups is 1. The van der Waals surface area contributed by atoms with Gasteiger partial charge in [-0.15, -0.1) is 0 Å². The van der Waals surface area contributed by atoms with Crippen molar-refractivity contribution in [2.45, 2.75) is 32.4 Å². The maximum atomic E-state index is 12.4. The van der Waals surface area contributed by atoms with Crippen LogP contribution in [0.5, 0.6) is 0 Å². The minimum absolute atomic E-state index is 0.185. The van der Waals surface area contributed by atoms with Crippen LogP contribution in [-0.2, 0) is 16.1 Å². The van der Waals surface area contributed by atoms with E-state index in [9.17, 15) is 4.79 Å². The van der Waals surface area contributed by atoms with Crippen LogP contribution in [0.2, 0.25) is 0 Å². The van der Waals surface area contributed by atoms with Crippen molar-refractivity contribution in [1.82, 2.24) is 10.2 Å². The Labute approximate surface area is 119 Å². The Kier molecular flexibility index (Phi) is 3.74. The topological polar surface area (TPSA) is 41.6 Å². The molecule has 1 N–H and O–H groups in total. The Morgan fingerprint density at radius 2 is 2.20 bits per heavy atom. The number of nitrogens with one attached hydrogen (secondary N) is 1. The van der Waals surface area contributed by atoms with Gasteiger partial charge in [-0.05, 0) is 25.3 Å². The van der Waals surface area contributed by atoms with Crippen LogP contribution in [0.1, 0.15) is 25.3 Å². The molecule has 3 rings (SSSR count). The standard InChI is InChI=1S/C16H20N2O2/c1-12-15(14-8-5-9-18(14)11-17-12)16(19)20-10-13-6-3-2-4-7-13/h2-4,6-7,14,17H,5,8-11H2,1H3. The molecular weight excluding hydrogens is 252 g/mol. The van der Waals surface area contributed by atoms with Crippen LogP contribution >= 0.6 is 0 Å². The zero-order valence-electron chi connectivity index (χ0n) is 11.8. The highest BCUT2D eigenvalue weighted by Gasteiger charge is 2.36. The summed E-state index contributed by atoms with van der Waals surface area (Å²) in [5, 5.41) is 3.29. The highest BCUT2D eigenvalue weighted by Crippen LogP contribution is 2.28. The van der Waals surface area contributed by atoms with E-state index in [0.717, 1.165) is 42.9 Å². The fraction of sp³-hybridized carbons (Fsp3) is 0.438. The van der Waals surface area contributed by atoms with Gasteiger partial charge in [-0.25, -0.2) is 4.79 Å². The number of fused-ring (bicyclic) bond motifs is 1. The summed E-state index contributed by atoms with van der Waals surface area (Å²) < 4.78 is 5.48. The predicted octanol–water partition coefficient (Wildman–Crippen LogP) is 2.03. The third-order valence-electron chi connectivity index (χ3n) is 4.08. The molecule has 1 unspecified atom stereocenters. The lowest BCUT2D eigenvalue weighted by Gasteiger charge is -2.32. The molecule has 106 valence electrons. The highest BCUT2D eigenvalue weighted by molar-refractivity contribution is 5.90. The van der Waals surface area contributed by atoms with E-state index in [1.165, 1.54) is 0 Å². The number of carbonyl (C=O) groups excluding carboxylic acids is 1. The van der Waals surface area contributed by atoms with E-state index >= 15 is 0 Å². The van der Waals surface area contributed by atoms with Gasteiger partial charge in [0.25, 0.3) is 0 Å². The van der Waals surface area contributed by atoms with Crippen molar-refractivity contribution in [2.75, 3.05) is 13.2 Å². The van der Waals surface area contributed by atoms with E-state index < -0.39 is 0 Å². The van der Waals surface area contributed by atoms with Gasteiger partial charge in [0.05, 0.1) is 12.2 Å². The van der Waals surface area contributed by atoms with Gasteiger partial charge in [0.2, 0.25) is 0 Å². The summed E-state index contributed by atoms with van der Waals surface area (Å²) in [6, 6.07) is 10.0. The molecule has 1 saturated heterocycles. The van der Waals surface area contributed by atoms with Crippen molar-refractivity contribution in [2.24, 2.45) is 0 Å². The number of nitrogens with zero attached hydrogens (tertiary/aromatic N) is 1. The van der Waals surface area contributed by atoms with Crippen LogP contribution in [0.4, 0.5) is 0 Å². The second-order valence-electron chi connectivity index (χ2n) is 5.41. The molecule has 2 aliphatic heterocycles. The zero-order chi connectivity index (χ0) is 13.9.